The normalized spacial score (nSPS) is 15.2. The van der Waals surface area contributed by atoms with Crippen LogP contribution in [0.25, 0.3) is 0 Å². The minimum atomic E-state index is 0.586. The van der Waals surface area contributed by atoms with E-state index in [4.69, 9.17) is 0 Å². The van der Waals surface area contributed by atoms with Crippen LogP contribution in [0.5, 0.6) is 0 Å². The molecule has 1 heterocycles. The highest BCUT2D eigenvalue weighted by Gasteiger charge is 2.28. The molecule has 0 saturated carbocycles. The van der Waals surface area contributed by atoms with E-state index in [0.717, 1.165) is 0 Å². The fourth-order valence-corrected chi connectivity index (χ4v) is 4.18. The molecule has 0 saturated heterocycles. The summed E-state index contributed by atoms with van der Waals surface area (Å²) in [5.74, 6) is 0. The molecular weight excluding hydrogens is 316 g/mol. The van der Waals surface area contributed by atoms with Gasteiger partial charge in [0.25, 0.3) is 0 Å². The summed E-state index contributed by atoms with van der Waals surface area (Å²) < 4.78 is 0. The topological polar surface area (TPSA) is 6.48 Å². The Hall–Kier alpha value is -0.660. The Bertz CT molecular complexity index is 330. The molecule has 1 aliphatic heterocycles. The van der Waals surface area contributed by atoms with Crippen molar-refractivity contribution in [3.05, 3.63) is 12.4 Å². The molecule has 0 unspecified atom stereocenters. The highest BCUT2D eigenvalue weighted by Crippen LogP contribution is 2.25. The molecule has 0 aromatic heterocycles. The van der Waals surface area contributed by atoms with Gasteiger partial charge in [0.05, 0.1) is 0 Å². The van der Waals surface area contributed by atoms with Crippen LogP contribution in [-0.2, 0) is 0 Å². The lowest BCUT2D eigenvalue weighted by atomic mass is 10.0. The number of hydrogen-bond acceptors (Lipinski definition) is 2. The number of rotatable bonds is 16. The van der Waals surface area contributed by atoms with Crippen LogP contribution in [0.15, 0.2) is 12.4 Å². The van der Waals surface area contributed by atoms with Crippen LogP contribution in [0.4, 0.5) is 0 Å². The van der Waals surface area contributed by atoms with E-state index in [1.807, 2.05) is 0 Å². The van der Waals surface area contributed by atoms with Gasteiger partial charge in [-0.2, -0.15) is 0 Å². The molecule has 0 aromatic rings. The molecule has 0 amide bonds. The summed E-state index contributed by atoms with van der Waals surface area (Å²) in [6.45, 7) is 11.5. The van der Waals surface area contributed by atoms with Gasteiger partial charge in [0.1, 0.15) is 6.17 Å². The van der Waals surface area contributed by atoms with Crippen molar-refractivity contribution in [1.82, 2.24) is 9.80 Å². The molecule has 1 rings (SSSR count). The van der Waals surface area contributed by atoms with Gasteiger partial charge < -0.3 is 9.80 Å². The predicted octanol–water partition coefficient (Wildman–Crippen LogP) is 7.70. The van der Waals surface area contributed by atoms with E-state index >= 15 is 0 Å². The second-order valence-corrected chi connectivity index (χ2v) is 8.89. The molecule has 0 atom stereocenters. The van der Waals surface area contributed by atoms with Crippen LogP contribution >= 0.6 is 0 Å². The van der Waals surface area contributed by atoms with Gasteiger partial charge in [-0.25, -0.2) is 0 Å². The van der Waals surface area contributed by atoms with Crippen molar-refractivity contribution in [2.45, 2.75) is 143 Å². The van der Waals surface area contributed by atoms with Crippen LogP contribution in [-0.4, -0.2) is 28.0 Å². The zero-order valence-electron chi connectivity index (χ0n) is 18.7. The van der Waals surface area contributed by atoms with Gasteiger partial charge >= 0.3 is 0 Å². The Balaban J connectivity index is 1.99. The zero-order chi connectivity index (χ0) is 19.2. The average Bonchev–Trinajstić information content (AvgIpc) is 3.03. The molecule has 0 radical (unpaired) electrons. The van der Waals surface area contributed by atoms with Crippen molar-refractivity contribution in [3.8, 4) is 0 Å². The minimum absolute atomic E-state index is 0.586. The van der Waals surface area contributed by atoms with Gasteiger partial charge in [0.2, 0.25) is 0 Å². The molecule has 0 aliphatic carbocycles. The van der Waals surface area contributed by atoms with E-state index in [9.17, 15) is 0 Å². The van der Waals surface area contributed by atoms with Gasteiger partial charge in [-0.05, 0) is 40.5 Å². The number of unbranched alkanes of at least 4 members (excludes halogenated alkanes) is 12. The van der Waals surface area contributed by atoms with Crippen molar-refractivity contribution in [2.24, 2.45) is 0 Å². The van der Waals surface area contributed by atoms with Crippen molar-refractivity contribution in [1.29, 1.82) is 0 Å². The minimum Gasteiger partial charge on any atom is -0.354 e. The lowest BCUT2D eigenvalue weighted by Gasteiger charge is -2.37. The molecule has 2 nitrogen and oxygen atoms in total. The Morgan fingerprint density at radius 2 is 0.923 bits per heavy atom. The van der Waals surface area contributed by atoms with Gasteiger partial charge in [-0.15, -0.1) is 0 Å². The van der Waals surface area contributed by atoms with Gasteiger partial charge in [0, 0.05) is 24.5 Å². The Morgan fingerprint density at radius 3 is 1.27 bits per heavy atom. The SMILES string of the molecule is CCCCCCCCCCCCCCCC1N(C(C)C)C=CN1C(C)C. The second-order valence-electron chi connectivity index (χ2n) is 8.89. The van der Waals surface area contributed by atoms with Crippen LogP contribution in [0.3, 0.4) is 0 Å². The third kappa shape index (κ3) is 9.33. The van der Waals surface area contributed by atoms with Crippen LogP contribution in [0.1, 0.15) is 125 Å². The quantitative estimate of drug-likeness (QED) is 0.259. The Morgan fingerprint density at radius 1 is 0.577 bits per heavy atom. The third-order valence-corrected chi connectivity index (χ3v) is 5.86. The average molecular weight is 365 g/mol. The summed E-state index contributed by atoms with van der Waals surface area (Å²) >= 11 is 0. The van der Waals surface area contributed by atoms with E-state index in [1.54, 1.807) is 0 Å². The van der Waals surface area contributed by atoms with Crippen LogP contribution in [0, 0.1) is 0 Å². The van der Waals surface area contributed by atoms with Gasteiger partial charge in [-0.3, -0.25) is 0 Å². The molecule has 1 aliphatic rings. The van der Waals surface area contributed by atoms with Gasteiger partial charge in [-0.1, -0.05) is 84.0 Å². The fraction of sp³-hybridized carbons (Fsp3) is 0.917. The zero-order valence-corrected chi connectivity index (χ0v) is 18.7. The lowest BCUT2D eigenvalue weighted by molar-refractivity contribution is 0.0946. The highest BCUT2D eigenvalue weighted by atomic mass is 15.4. The number of hydrogen-bond donors (Lipinski definition) is 0. The molecule has 0 fully saturated rings. The standard InChI is InChI=1S/C24H48N2/c1-6-7-8-9-10-11-12-13-14-15-16-17-18-19-24-25(22(2)3)20-21-26(24)23(4)5/h20-24H,6-19H2,1-5H3. The van der Waals surface area contributed by atoms with Gasteiger partial charge in [0.15, 0.2) is 0 Å². The van der Waals surface area contributed by atoms with Crippen molar-refractivity contribution >= 4 is 0 Å². The maximum atomic E-state index is 2.54. The molecule has 26 heavy (non-hydrogen) atoms. The largest absolute Gasteiger partial charge is 0.354 e. The van der Waals surface area contributed by atoms with Crippen molar-refractivity contribution < 1.29 is 0 Å². The number of nitrogens with zero attached hydrogens (tertiary/aromatic N) is 2. The fourth-order valence-electron chi connectivity index (χ4n) is 4.18. The molecule has 0 spiro atoms. The predicted molar refractivity (Wildman–Crippen MR) is 117 cm³/mol. The highest BCUT2D eigenvalue weighted by molar-refractivity contribution is 4.99. The van der Waals surface area contributed by atoms with Crippen LogP contribution in [0.2, 0.25) is 0 Å². The lowest BCUT2D eigenvalue weighted by Crippen LogP contribution is -2.44. The first-order chi connectivity index (χ1) is 12.6. The summed E-state index contributed by atoms with van der Waals surface area (Å²) in [5.41, 5.74) is 0. The Kier molecular flexibility index (Phi) is 13.0. The smallest absolute Gasteiger partial charge is 0.101 e. The molecular formula is C24H48N2. The van der Waals surface area contributed by atoms with E-state index < -0.39 is 0 Å². The maximum absolute atomic E-state index is 2.54. The first kappa shape index (κ1) is 23.4. The summed E-state index contributed by atoms with van der Waals surface area (Å²) in [7, 11) is 0. The van der Waals surface area contributed by atoms with E-state index in [1.165, 1.54) is 89.9 Å². The Labute approximate surface area is 165 Å². The first-order valence-electron chi connectivity index (χ1n) is 11.8. The van der Waals surface area contributed by atoms with E-state index in [2.05, 4.69) is 56.8 Å². The summed E-state index contributed by atoms with van der Waals surface area (Å²) in [6.07, 6.45) is 25.2. The maximum Gasteiger partial charge on any atom is 0.101 e. The van der Waals surface area contributed by atoms with E-state index in [-0.39, 0.29) is 0 Å². The molecule has 0 N–H and O–H groups in total. The molecule has 154 valence electrons. The first-order valence-corrected chi connectivity index (χ1v) is 11.8. The molecule has 0 aromatic carbocycles. The summed E-state index contributed by atoms with van der Waals surface area (Å²) in [4.78, 5) is 5.08. The second kappa shape index (κ2) is 14.4. The van der Waals surface area contributed by atoms with Crippen molar-refractivity contribution in [2.75, 3.05) is 0 Å². The van der Waals surface area contributed by atoms with Crippen molar-refractivity contribution in [3.63, 3.8) is 0 Å². The third-order valence-electron chi connectivity index (χ3n) is 5.86. The summed E-state index contributed by atoms with van der Waals surface area (Å²) in [6, 6.07) is 1.20. The van der Waals surface area contributed by atoms with Crippen LogP contribution < -0.4 is 0 Å². The monoisotopic (exact) mass is 364 g/mol. The summed E-state index contributed by atoms with van der Waals surface area (Å²) in [5, 5.41) is 0. The molecule has 0 bridgehead atoms. The van der Waals surface area contributed by atoms with E-state index in [0.29, 0.717) is 18.2 Å². The molecule has 2 heteroatoms.